The van der Waals surface area contributed by atoms with Gasteiger partial charge in [-0.3, -0.25) is 4.79 Å². The Balaban J connectivity index is 1.92. The van der Waals surface area contributed by atoms with Gasteiger partial charge in [0.25, 0.3) is 0 Å². The molecule has 0 bridgehead atoms. The maximum atomic E-state index is 12.9. The van der Waals surface area contributed by atoms with Crippen LogP contribution in [0.4, 0.5) is 8.78 Å². The molecule has 0 spiro atoms. The number of pyridine rings is 1. The minimum Gasteiger partial charge on any atom is -0.477 e. The summed E-state index contributed by atoms with van der Waals surface area (Å²) in [6, 6.07) is 6.35. The number of rotatable bonds is 3. The topological polar surface area (TPSA) is 68.5 Å². The predicted octanol–water partition coefficient (Wildman–Crippen LogP) is 4.61. The van der Waals surface area contributed by atoms with Crippen LogP contribution < -0.4 is 10.2 Å². The standard InChI is InChI=1S/C22H21F2NO4/c1-22(2,3)19-8-12-11-5-4-6-18(29-21(23)24)14(11)7-13(12)16-9-17(26)15(20(27)28)10-25(16)19/h4-6,9-10,19,21H,7-8H2,1-3H3,(H,27,28)/t19-/m0/s1. The number of carboxylic acid groups (broad SMARTS) is 1. The first-order chi connectivity index (χ1) is 13.6. The summed E-state index contributed by atoms with van der Waals surface area (Å²) in [6.45, 7) is 3.24. The predicted molar refractivity (Wildman–Crippen MR) is 104 cm³/mol. The summed E-state index contributed by atoms with van der Waals surface area (Å²) in [5, 5.41) is 9.39. The van der Waals surface area contributed by atoms with Crippen molar-refractivity contribution in [3.8, 4) is 5.75 Å². The first kappa shape index (κ1) is 19.4. The van der Waals surface area contributed by atoms with E-state index in [9.17, 15) is 23.5 Å². The minimum absolute atomic E-state index is 0.0967. The number of aromatic nitrogens is 1. The van der Waals surface area contributed by atoms with Crippen LogP contribution in [0.1, 0.15) is 60.4 Å². The Kier molecular flexibility index (Phi) is 4.37. The number of hydrogen-bond acceptors (Lipinski definition) is 3. The molecule has 1 N–H and O–H groups in total. The van der Waals surface area contributed by atoms with Crippen LogP contribution in [0.5, 0.6) is 5.75 Å². The van der Waals surface area contributed by atoms with Crippen LogP contribution >= 0.6 is 0 Å². The summed E-state index contributed by atoms with van der Waals surface area (Å²) in [5.74, 6) is -1.13. The molecule has 1 aromatic carbocycles. The Morgan fingerprint density at radius 3 is 2.62 bits per heavy atom. The highest BCUT2D eigenvalue weighted by Crippen LogP contribution is 2.52. The zero-order valence-corrected chi connectivity index (χ0v) is 16.3. The van der Waals surface area contributed by atoms with Gasteiger partial charge in [0.2, 0.25) is 0 Å². The Morgan fingerprint density at radius 2 is 2.00 bits per heavy atom. The maximum Gasteiger partial charge on any atom is 0.387 e. The van der Waals surface area contributed by atoms with Crippen LogP contribution in [0.25, 0.3) is 11.1 Å². The molecule has 5 nitrogen and oxygen atoms in total. The molecule has 7 heteroatoms. The monoisotopic (exact) mass is 401 g/mol. The number of carboxylic acids is 1. The molecule has 0 amide bonds. The lowest BCUT2D eigenvalue weighted by Gasteiger charge is -2.39. The first-order valence-corrected chi connectivity index (χ1v) is 9.37. The SMILES string of the molecule is CC(C)(C)[C@@H]1CC2=C(Cc3c(OC(F)F)cccc32)c2cc(=O)c(C(=O)O)cn21. The third-order valence-corrected chi connectivity index (χ3v) is 5.74. The van der Waals surface area contributed by atoms with Crippen molar-refractivity contribution < 1.29 is 23.4 Å². The van der Waals surface area contributed by atoms with Gasteiger partial charge in [0.15, 0.2) is 5.43 Å². The molecule has 1 atom stereocenters. The molecule has 2 aromatic rings. The van der Waals surface area contributed by atoms with Crippen molar-refractivity contribution in [3.05, 3.63) is 63.1 Å². The highest BCUT2D eigenvalue weighted by atomic mass is 19.3. The zero-order valence-electron chi connectivity index (χ0n) is 16.3. The van der Waals surface area contributed by atoms with E-state index in [2.05, 4.69) is 20.8 Å². The number of ether oxygens (including phenoxy) is 1. The van der Waals surface area contributed by atoms with E-state index in [-0.39, 0.29) is 22.8 Å². The third kappa shape index (κ3) is 3.14. The van der Waals surface area contributed by atoms with Crippen LogP contribution in [0.2, 0.25) is 0 Å². The summed E-state index contributed by atoms with van der Waals surface area (Å²) in [5.41, 5.74) is 2.97. The van der Waals surface area contributed by atoms with Crippen molar-refractivity contribution in [1.82, 2.24) is 4.57 Å². The number of alkyl halides is 2. The number of hydrogen-bond donors (Lipinski definition) is 1. The molecule has 1 aliphatic carbocycles. The van der Waals surface area contributed by atoms with Gasteiger partial charge < -0.3 is 14.4 Å². The quantitative estimate of drug-likeness (QED) is 0.816. The Labute approximate surface area is 166 Å². The second kappa shape index (κ2) is 6.54. The van der Waals surface area contributed by atoms with E-state index in [0.29, 0.717) is 24.1 Å². The Hall–Kier alpha value is -2.96. The fourth-order valence-corrected chi connectivity index (χ4v) is 4.39. The molecular weight excluding hydrogens is 380 g/mol. The minimum atomic E-state index is -2.92. The van der Waals surface area contributed by atoms with Gasteiger partial charge in [-0.2, -0.15) is 8.78 Å². The Morgan fingerprint density at radius 1 is 1.28 bits per heavy atom. The summed E-state index contributed by atoms with van der Waals surface area (Å²) >= 11 is 0. The average molecular weight is 401 g/mol. The van der Waals surface area contributed by atoms with Gasteiger partial charge in [-0.25, -0.2) is 4.79 Å². The molecule has 0 radical (unpaired) electrons. The van der Waals surface area contributed by atoms with Gasteiger partial charge in [0.1, 0.15) is 11.3 Å². The van der Waals surface area contributed by atoms with Gasteiger partial charge >= 0.3 is 12.6 Å². The summed E-state index contributed by atoms with van der Waals surface area (Å²) < 4.78 is 32.3. The fourth-order valence-electron chi connectivity index (χ4n) is 4.39. The second-order valence-corrected chi connectivity index (χ2v) is 8.53. The molecular formula is C22H21F2NO4. The first-order valence-electron chi connectivity index (χ1n) is 9.37. The van der Waals surface area contributed by atoms with Crippen LogP contribution in [0, 0.1) is 5.41 Å². The van der Waals surface area contributed by atoms with E-state index in [4.69, 9.17) is 4.74 Å². The summed E-state index contributed by atoms with van der Waals surface area (Å²) in [4.78, 5) is 23.9. The van der Waals surface area contributed by atoms with Crippen molar-refractivity contribution >= 4 is 17.1 Å². The molecule has 29 heavy (non-hydrogen) atoms. The summed E-state index contributed by atoms with van der Waals surface area (Å²) in [7, 11) is 0. The molecule has 2 aliphatic rings. The van der Waals surface area contributed by atoms with Crippen molar-refractivity contribution in [3.63, 3.8) is 0 Å². The molecule has 1 aromatic heterocycles. The van der Waals surface area contributed by atoms with E-state index in [1.807, 2.05) is 10.6 Å². The van der Waals surface area contributed by atoms with Gasteiger partial charge in [-0.1, -0.05) is 32.9 Å². The van der Waals surface area contributed by atoms with E-state index in [0.717, 1.165) is 16.7 Å². The van der Waals surface area contributed by atoms with E-state index >= 15 is 0 Å². The third-order valence-electron chi connectivity index (χ3n) is 5.74. The van der Waals surface area contributed by atoms with Crippen molar-refractivity contribution in [1.29, 1.82) is 0 Å². The van der Waals surface area contributed by atoms with Crippen molar-refractivity contribution in [2.24, 2.45) is 5.41 Å². The van der Waals surface area contributed by atoms with Crippen LogP contribution in [-0.2, 0) is 6.42 Å². The lowest BCUT2D eigenvalue weighted by molar-refractivity contribution is -0.0503. The molecule has 152 valence electrons. The lowest BCUT2D eigenvalue weighted by atomic mass is 9.78. The number of carbonyl (C=O) groups is 1. The largest absolute Gasteiger partial charge is 0.477 e. The second-order valence-electron chi connectivity index (χ2n) is 8.53. The molecule has 0 saturated carbocycles. The van der Waals surface area contributed by atoms with E-state index in [1.54, 1.807) is 6.07 Å². The highest BCUT2D eigenvalue weighted by molar-refractivity contribution is 5.98. The molecule has 0 fully saturated rings. The molecule has 0 unspecified atom stereocenters. The highest BCUT2D eigenvalue weighted by Gasteiger charge is 2.38. The van der Waals surface area contributed by atoms with Gasteiger partial charge in [0, 0.05) is 36.0 Å². The number of benzene rings is 1. The molecule has 2 heterocycles. The van der Waals surface area contributed by atoms with E-state index in [1.165, 1.54) is 18.3 Å². The molecule has 4 rings (SSSR count). The number of aromatic carboxylic acids is 1. The van der Waals surface area contributed by atoms with Crippen LogP contribution in [0.3, 0.4) is 0 Å². The van der Waals surface area contributed by atoms with Gasteiger partial charge in [0.05, 0.1) is 0 Å². The average Bonchev–Trinajstić information content (AvgIpc) is 2.99. The maximum absolute atomic E-state index is 12.9. The fraction of sp³-hybridized carbons (Fsp3) is 0.364. The Bertz CT molecular complexity index is 1110. The number of fused-ring (bicyclic) bond motifs is 4. The number of allylic oxidation sites excluding steroid dienone is 2. The van der Waals surface area contributed by atoms with Crippen molar-refractivity contribution in [2.75, 3.05) is 0 Å². The van der Waals surface area contributed by atoms with Crippen molar-refractivity contribution in [2.45, 2.75) is 46.3 Å². The molecule has 0 saturated heterocycles. The smallest absolute Gasteiger partial charge is 0.387 e. The van der Waals surface area contributed by atoms with Gasteiger partial charge in [-0.15, -0.1) is 0 Å². The van der Waals surface area contributed by atoms with E-state index < -0.39 is 18.0 Å². The zero-order chi connectivity index (χ0) is 21.1. The van der Waals surface area contributed by atoms with Crippen LogP contribution in [0.15, 0.2) is 35.3 Å². The number of halogens is 2. The number of nitrogens with zero attached hydrogens (tertiary/aromatic N) is 1. The lowest BCUT2D eigenvalue weighted by Crippen LogP contribution is -2.32. The normalized spacial score (nSPS) is 17.8. The van der Waals surface area contributed by atoms with Gasteiger partial charge in [-0.05, 0) is 34.6 Å². The summed E-state index contributed by atoms with van der Waals surface area (Å²) in [6.07, 6.45) is 2.38. The van der Waals surface area contributed by atoms with Crippen LogP contribution in [-0.4, -0.2) is 22.3 Å². The molecule has 1 aliphatic heterocycles.